The molecule has 1 aromatic rings. The van der Waals surface area contributed by atoms with E-state index in [2.05, 4.69) is 49.9 Å². The molecule has 0 bridgehead atoms. The third kappa shape index (κ3) is 1.86. The van der Waals surface area contributed by atoms with Crippen LogP contribution < -0.4 is 5.32 Å². The minimum Gasteiger partial charge on any atom is -0.310 e. The molecule has 3 heteroatoms. The molecule has 1 unspecified atom stereocenters. The van der Waals surface area contributed by atoms with E-state index >= 15 is 0 Å². The van der Waals surface area contributed by atoms with Gasteiger partial charge in [-0.3, -0.25) is 0 Å². The summed E-state index contributed by atoms with van der Waals surface area (Å²) in [5.74, 6) is 0.640. The lowest BCUT2D eigenvalue weighted by atomic mass is 9.99. The van der Waals surface area contributed by atoms with Crippen LogP contribution in [0.15, 0.2) is 18.7 Å². The van der Waals surface area contributed by atoms with Gasteiger partial charge in [-0.05, 0) is 23.3 Å². The van der Waals surface area contributed by atoms with E-state index in [1.54, 1.807) is 6.33 Å². The maximum Gasteiger partial charge on any atom is 0.115 e. The van der Waals surface area contributed by atoms with Gasteiger partial charge in [-0.2, -0.15) is 0 Å². The molecule has 1 atom stereocenters. The van der Waals surface area contributed by atoms with Gasteiger partial charge in [-0.15, -0.1) is 0 Å². The van der Waals surface area contributed by atoms with Gasteiger partial charge in [0.15, 0.2) is 0 Å². The van der Waals surface area contributed by atoms with Crippen molar-refractivity contribution < 1.29 is 0 Å². The van der Waals surface area contributed by atoms with Gasteiger partial charge in [0.05, 0.1) is 0 Å². The van der Waals surface area contributed by atoms with Crippen molar-refractivity contribution in [3.05, 3.63) is 24.3 Å². The van der Waals surface area contributed by atoms with Crippen LogP contribution >= 0.6 is 0 Å². The minimum absolute atomic E-state index is 0.367. The monoisotopic (exact) mass is 233 g/mol. The van der Waals surface area contributed by atoms with Gasteiger partial charge in [0.25, 0.3) is 0 Å². The highest BCUT2D eigenvalue weighted by Crippen LogP contribution is 2.72. The predicted octanol–water partition coefficient (Wildman–Crippen LogP) is 2.81. The normalized spacial score (nSPS) is 23.4. The smallest absolute Gasteiger partial charge is 0.115 e. The van der Waals surface area contributed by atoms with Crippen molar-refractivity contribution in [2.45, 2.75) is 40.7 Å². The highest BCUT2D eigenvalue weighted by atomic mass is 15.0. The van der Waals surface area contributed by atoms with Gasteiger partial charge in [0.2, 0.25) is 0 Å². The molecule has 1 aliphatic rings. The Balaban J connectivity index is 2.27. The first-order chi connectivity index (χ1) is 7.93. The molecule has 1 aromatic heterocycles. The molecule has 1 aliphatic carbocycles. The van der Waals surface area contributed by atoms with Crippen molar-refractivity contribution in [2.24, 2.45) is 16.7 Å². The second-order valence-electron chi connectivity index (χ2n) is 6.13. The van der Waals surface area contributed by atoms with Crippen molar-refractivity contribution >= 4 is 0 Å². The van der Waals surface area contributed by atoms with Crippen LogP contribution in [0.4, 0.5) is 0 Å². The van der Waals surface area contributed by atoms with E-state index in [1.807, 2.05) is 12.4 Å². The molecule has 0 amide bonds. The zero-order valence-electron chi connectivity index (χ0n) is 11.5. The van der Waals surface area contributed by atoms with Crippen molar-refractivity contribution in [2.75, 3.05) is 6.54 Å². The molecule has 0 spiro atoms. The number of aromatic nitrogens is 2. The van der Waals surface area contributed by atoms with E-state index in [1.165, 1.54) is 5.56 Å². The molecule has 17 heavy (non-hydrogen) atoms. The van der Waals surface area contributed by atoms with Gasteiger partial charge >= 0.3 is 0 Å². The average molecular weight is 233 g/mol. The van der Waals surface area contributed by atoms with Crippen LogP contribution in [0, 0.1) is 16.7 Å². The molecule has 94 valence electrons. The van der Waals surface area contributed by atoms with Gasteiger partial charge < -0.3 is 5.32 Å². The van der Waals surface area contributed by atoms with Gasteiger partial charge in [0.1, 0.15) is 6.33 Å². The number of nitrogens with one attached hydrogen (secondary N) is 1. The van der Waals surface area contributed by atoms with E-state index in [4.69, 9.17) is 0 Å². The number of hydrogen-bond acceptors (Lipinski definition) is 3. The summed E-state index contributed by atoms with van der Waals surface area (Å²) in [4.78, 5) is 8.28. The average Bonchev–Trinajstić information content (AvgIpc) is 2.68. The molecular weight excluding hydrogens is 210 g/mol. The van der Waals surface area contributed by atoms with Crippen molar-refractivity contribution in [1.29, 1.82) is 0 Å². The van der Waals surface area contributed by atoms with Gasteiger partial charge in [0, 0.05) is 24.0 Å². The summed E-state index contributed by atoms with van der Waals surface area (Å²) in [7, 11) is 0. The lowest BCUT2D eigenvalue weighted by Gasteiger charge is -2.19. The molecule has 3 nitrogen and oxygen atoms in total. The van der Waals surface area contributed by atoms with E-state index in [0.717, 1.165) is 6.54 Å². The Morgan fingerprint density at radius 2 is 1.71 bits per heavy atom. The summed E-state index contributed by atoms with van der Waals surface area (Å²) >= 11 is 0. The SMILES string of the molecule is CCNC(c1cncnc1)C1C(C)(C)C1(C)C. The maximum absolute atomic E-state index is 4.14. The van der Waals surface area contributed by atoms with Crippen LogP contribution in [-0.2, 0) is 0 Å². The molecular formula is C14H23N3. The molecule has 1 fully saturated rings. The number of hydrogen-bond donors (Lipinski definition) is 1. The van der Waals surface area contributed by atoms with Crippen LogP contribution in [-0.4, -0.2) is 16.5 Å². The Hall–Kier alpha value is -0.960. The van der Waals surface area contributed by atoms with Crippen molar-refractivity contribution in [3.8, 4) is 0 Å². The van der Waals surface area contributed by atoms with E-state index in [-0.39, 0.29) is 0 Å². The quantitative estimate of drug-likeness (QED) is 0.869. The Labute approximate surface area is 104 Å². The summed E-state index contributed by atoms with van der Waals surface area (Å²) in [5, 5.41) is 3.59. The standard InChI is InChI=1S/C14H23N3/c1-6-17-11(10-7-15-9-16-8-10)12-13(2,3)14(12,4)5/h7-9,11-12,17H,6H2,1-5H3. The maximum atomic E-state index is 4.14. The zero-order chi connectivity index (χ0) is 12.7. The molecule has 1 N–H and O–H groups in total. The Kier molecular flexibility index (Phi) is 2.98. The van der Waals surface area contributed by atoms with E-state index in [9.17, 15) is 0 Å². The topological polar surface area (TPSA) is 37.8 Å². The van der Waals surface area contributed by atoms with Gasteiger partial charge in [-0.1, -0.05) is 34.6 Å². The van der Waals surface area contributed by atoms with Crippen LogP contribution in [0.25, 0.3) is 0 Å². The Morgan fingerprint density at radius 3 is 2.12 bits per heavy atom. The molecule has 2 rings (SSSR count). The first kappa shape index (κ1) is 12.5. The third-order valence-electron chi connectivity index (χ3n) is 4.83. The minimum atomic E-state index is 0.367. The predicted molar refractivity (Wildman–Crippen MR) is 69.5 cm³/mol. The van der Waals surface area contributed by atoms with Crippen molar-refractivity contribution in [3.63, 3.8) is 0 Å². The second-order valence-corrected chi connectivity index (χ2v) is 6.13. The Bertz CT molecular complexity index is 370. The zero-order valence-corrected chi connectivity index (χ0v) is 11.5. The summed E-state index contributed by atoms with van der Waals surface area (Å²) in [6, 6.07) is 0.367. The second kappa shape index (κ2) is 4.05. The van der Waals surface area contributed by atoms with Crippen LogP contribution in [0.3, 0.4) is 0 Å². The summed E-state index contributed by atoms with van der Waals surface area (Å²) < 4.78 is 0. The molecule has 1 saturated carbocycles. The fourth-order valence-corrected chi connectivity index (χ4v) is 3.20. The summed E-state index contributed by atoms with van der Waals surface area (Å²) in [6.07, 6.45) is 5.46. The Morgan fingerprint density at radius 1 is 1.18 bits per heavy atom. The van der Waals surface area contributed by atoms with E-state index in [0.29, 0.717) is 22.8 Å². The molecule has 0 aromatic carbocycles. The van der Waals surface area contributed by atoms with E-state index < -0.39 is 0 Å². The van der Waals surface area contributed by atoms with Crippen LogP contribution in [0.1, 0.15) is 46.2 Å². The summed E-state index contributed by atoms with van der Waals surface area (Å²) in [5.41, 5.74) is 1.95. The largest absolute Gasteiger partial charge is 0.310 e. The molecule has 0 aliphatic heterocycles. The molecule has 1 heterocycles. The fraction of sp³-hybridized carbons (Fsp3) is 0.714. The first-order valence-corrected chi connectivity index (χ1v) is 6.41. The lowest BCUT2D eigenvalue weighted by molar-refractivity contribution is 0.416. The number of rotatable bonds is 4. The fourth-order valence-electron chi connectivity index (χ4n) is 3.20. The lowest BCUT2D eigenvalue weighted by Crippen LogP contribution is -2.25. The third-order valence-corrected chi connectivity index (χ3v) is 4.83. The molecule has 0 saturated heterocycles. The van der Waals surface area contributed by atoms with Gasteiger partial charge in [-0.25, -0.2) is 9.97 Å². The summed E-state index contributed by atoms with van der Waals surface area (Å²) in [6.45, 7) is 12.5. The van der Waals surface area contributed by atoms with Crippen LogP contribution in [0.2, 0.25) is 0 Å². The number of nitrogens with zero attached hydrogens (tertiary/aromatic N) is 2. The highest BCUT2D eigenvalue weighted by Gasteiger charge is 2.67. The molecule has 0 radical (unpaired) electrons. The highest BCUT2D eigenvalue weighted by molar-refractivity contribution is 5.23. The van der Waals surface area contributed by atoms with Crippen LogP contribution in [0.5, 0.6) is 0 Å². The van der Waals surface area contributed by atoms with Crippen molar-refractivity contribution in [1.82, 2.24) is 15.3 Å². The first-order valence-electron chi connectivity index (χ1n) is 6.41.